The number of hydrogen-bond donors (Lipinski definition) is 1. The second-order valence-electron chi connectivity index (χ2n) is 3.94. The number of benzene rings is 1. The van der Waals surface area contributed by atoms with Gasteiger partial charge < -0.3 is 19.1 Å². The molecule has 0 aliphatic carbocycles. The summed E-state index contributed by atoms with van der Waals surface area (Å²) in [6.45, 7) is 0. The van der Waals surface area contributed by atoms with E-state index < -0.39 is 6.10 Å². The van der Waals surface area contributed by atoms with Crippen LogP contribution in [0.1, 0.15) is 17.4 Å². The first-order chi connectivity index (χ1) is 8.67. The molecule has 1 aromatic heterocycles. The molecule has 0 bridgehead atoms. The number of aliphatic hydroxyl groups excluding tert-OH is 1. The molecule has 5 nitrogen and oxygen atoms in total. The molecular formula is C13H16N2O3. The molecule has 0 radical (unpaired) electrons. The molecule has 0 aliphatic rings. The predicted octanol–water partition coefficient (Wildman–Crippen LogP) is 1.52. The molecule has 0 saturated heterocycles. The van der Waals surface area contributed by atoms with E-state index >= 15 is 0 Å². The normalized spacial score (nSPS) is 12.2. The second kappa shape index (κ2) is 5.10. The number of nitrogens with zero attached hydrogens (tertiary/aromatic N) is 2. The second-order valence-corrected chi connectivity index (χ2v) is 3.94. The van der Waals surface area contributed by atoms with Crippen molar-refractivity contribution in [3.8, 4) is 11.5 Å². The number of aromatic nitrogens is 2. The Morgan fingerprint density at radius 1 is 1.28 bits per heavy atom. The molecule has 1 aromatic carbocycles. The van der Waals surface area contributed by atoms with E-state index in [0.29, 0.717) is 22.8 Å². The van der Waals surface area contributed by atoms with Crippen molar-refractivity contribution in [3.63, 3.8) is 0 Å². The highest BCUT2D eigenvalue weighted by atomic mass is 16.5. The van der Waals surface area contributed by atoms with Crippen LogP contribution in [0.5, 0.6) is 11.5 Å². The molecule has 0 spiro atoms. The van der Waals surface area contributed by atoms with Crippen molar-refractivity contribution in [1.82, 2.24) is 9.55 Å². The Labute approximate surface area is 106 Å². The lowest BCUT2D eigenvalue weighted by Crippen LogP contribution is -2.07. The Morgan fingerprint density at radius 3 is 2.61 bits per heavy atom. The number of ether oxygens (including phenoxy) is 2. The smallest absolute Gasteiger partial charge is 0.125 e. The summed E-state index contributed by atoms with van der Waals surface area (Å²) in [6, 6.07) is 5.32. The molecule has 2 aromatic rings. The molecule has 1 unspecified atom stereocenters. The lowest BCUT2D eigenvalue weighted by atomic mass is 10.1. The largest absolute Gasteiger partial charge is 0.497 e. The van der Waals surface area contributed by atoms with Crippen LogP contribution in [0.2, 0.25) is 0 Å². The summed E-state index contributed by atoms with van der Waals surface area (Å²) in [5, 5.41) is 10.4. The standard InChI is InChI=1S/C13H16N2O3/c1-15-8-14-7-11(15)13(16)10-6-9(17-2)4-5-12(10)18-3/h4-8,13,16H,1-3H3. The summed E-state index contributed by atoms with van der Waals surface area (Å²) in [5.74, 6) is 1.29. The molecule has 0 saturated carbocycles. The van der Waals surface area contributed by atoms with Crippen molar-refractivity contribution in [2.24, 2.45) is 7.05 Å². The maximum atomic E-state index is 10.4. The number of methoxy groups -OCH3 is 2. The fourth-order valence-electron chi connectivity index (χ4n) is 1.84. The summed E-state index contributed by atoms with van der Waals surface area (Å²) >= 11 is 0. The van der Waals surface area contributed by atoms with E-state index in [1.165, 1.54) is 0 Å². The third kappa shape index (κ3) is 2.17. The van der Waals surface area contributed by atoms with Gasteiger partial charge in [-0.3, -0.25) is 0 Å². The van der Waals surface area contributed by atoms with Crippen molar-refractivity contribution >= 4 is 0 Å². The first-order valence-electron chi connectivity index (χ1n) is 5.53. The highest BCUT2D eigenvalue weighted by Gasteiger charge is 2.19. The Morgan fingerprint density at radius 2 is 2.06 bits per heavy atom. The third-order valence-corrected chi connectivity index (χ3v) is 2.87. The van der Waals surface area contributed by atoms with E-state index in [1.807, 2.05) is 7.05 Å². The molecule has 0 fully saturated rings. The highest BCUT2D eigenvalue weighted by Crippen LogP contribution is 2.32. The van der Waals surface area contributed by atoms with Crippen LogP contribution >= 0.6 is 0 Å². The molecule has 2 rings (SSSR count). The SMILES string of the molecule is COc1ccc(OC)c(C(O)c2cncn2C)c1. The van der Waals surface area contributed by atoms with E-state index in [9.17, 15) is 5.11 Å². The number of rotatable bonds is 4. The van der Waals surface area contributed by atoms with Crippen LogP contribution in [0, 0.1) is 0 Å². The highest BCUT2D eigenvalue weighted by molar-refractivity contribution is 5.44. The van der Waals surface area contributed by atoms with Gasteiger partial charge in [-0.25, -0.2) is 4.98 Å². The average Bonchev–Trinajstić information content (AvgIpc) is 2.83. The van der Waals surface area contributed by atoms with Gasteiger partial charge in [0.2, 0.25) is 0 Å². The predicted molar refractivity (Wildman–Crippen MR) is 66.8 cm³/mol. The third-order valence-electron chi connectivity index (χ3n) is 2.87. The Balaban J connectivity index is 2.45. The Bertz CT molecular complexity index is 537. The van der Waals surface area contributed by atoms with Crippen LogP contribution < -0.4 is 9.47 Å². The molecule has 96 valence electrons. The molecule has 5 heteroatoms. The van der Waals surface area contributed by atoms with Gasteiger partial charge in [0, 0.05) is 12.6 Å². The average molecular weight is 248 g/mol. The Kier molecular flexibility index (Phi) is 3.53. The minimum atomic E-state index is -0.803. The van der Waals surface area contributed by atoms with Crippen molar-refractivity contribution in [3.05, 3.63) is 42.0 Å². The minimum absolute atomic E-state index is 0.615. The van der Waals surface area contributed by atoms with Crippen LogP contribution in [0.15, 0.2) is 30.7 Å². The van der Waals surface area contributed by atoms with E-state index in [0.717, 1.165) is 0 Å². The lowest BCUT2D eigenvalue weighted by Gasteiger charge is -2.16. The van der Waals surface area contributed by atoms with Crippen molar-refractivity contribution < 1.29 is 14.6 Å². The number of aryl methyl sites for hydroxylation is 1. The molecule has 1 N–H and O–H groups in total. The zero-order valence-electron chi connectivity index (χ0n) is 10.6. The van der Waals surface area contributed by atoms with Crippen molar-refractivity contribution in [2.45, 2.75) is 6.10 Å². The fraction of sp³-hybridized carbons (Fsp3) is 0.308. The molecular weight excluding hydrogens is 232 g/mol. The van der Waals surface area contributed by atoms with E-state index in [-0.39, 0.29) is 0 Å². The van der Waals surface area contributed by atoms with Crippen LogP contribution in [0.25, 0.3) is 0 Å². The maximum Gasteiger partial charge on any atom is 0.125 e. The first-order valence-corrected chi connectivity index (χ1v) is 5.53. The molecule has 1 atom stereocenters. The van der Waals surface area contributed by atoms with Crippen molar-refractivity contribution in [2.75, 3.05) is 14.2 Å². The monoisotopic (exact) mass is 248 g/mol. The summed E-state index contributed by atoms with van der Waals surface area (Å²) in [4.78, 5) is 4.00. The summed E-state index contributed by atoms with van der Waals surface area (Å²) in [7, 11) is 4.99. The van der Waals surface area contributed by atoms with Crippen LogP contribution in [-0.4, -0.2) is 28.9 Å². The zero-order chi connectivity index (χ0) is 13.1. The van der Waals surface area contributed by atoms with Crippen LogP contribution in [-0.2, 0) is 7.05 Å². The van der Waals surface area contributed by atoms with Gasteiger partial charge in [-0.1, -0.05) is 0 Å². The summed E-state index contributed by atoms with van der Waals surface area (Å²) in [5.41, 5.74) is 1.35. The van der Waals surface area contributed by atoms with Gasteiger partial charge in [0.05, 0.1) is 32.4 Å². The quantitative estimate of drug-likeness (QED) is 0.891. The van der Waals surface area contributed by atoms with Gasteiger partial charge in [0.15, 0.2) is 0 Å². The van der Waals surface area contributed by atoms with Gasteiger partial charge in [0.1, 0.15) is 17.6 Å². The summed E-state index contributed by atoms with van der Waals surface area (Å²) in [6.07, 6.45) is 2.47. The fourth-order valence-corrected chi connectivity index (χ4v) is 1.84. The van der Waals surface area contributed by atoms with Crippen molar-refractivity contribution in [1.29, 1.82) is 0 Å². The molecule has 0 aliphatic heterocycles. The van der Waals surface area contributed by atoms with E-state index in [2.05, 4.69) is 4.98 Å². The van der Waals surface area contributed by atoms with Gasteiger partial charge >= 0.3 is 0 Å². The topological polar surface area (TPSA) is 56.5 Å². The summed E-state index contributed by atoms with van der Waals surface area (Å²) < 4.78 is 12.2. The number of aliphatic hydroxyl groups is 1. The van der Waals surface area contributed by atoms with Gasteiger partial charge in [-0.15, -0.1) is 0 Å². The molecule has 18 heavy (non-hydrogen) atoms. The molecule has 1 heterocycles. The van der Waals surface area contributed by atoms with Crippen LogP contribution in [0.3, 0.4) is 0 Å². The number of hydrogen-bond acceptors (Lipinski definition) is 4. The lowest BCUT2D eigenvalue weighted by molar-refractivity contribution is 0.205. The Hall–Kier alpha value is -2.01. The van der Waals surface area contributed by atoms with Gasteiger partial charge in [0.25, 0.3) is 0 Å². The number of imidazole rings is 1. The van der Waals surface area contributed by atoms with E-state index in [4.69, 9.17) is 9.47 Å². The molecule has 0 amide bonds. The maximum absolute atomic E-state index is 10.4. The zero-order valence-corrected chi connectivity index (χ0v) is 10.6. The first kappa shape index (κ1) is 12.4. The van der Waals surface area contributed by atoms with Crippen LogP contribution in [0.4, 0.5) is 0 Å². The van der Waals surface area contributed by atoms with E-state index in [1.54, 1.807) is 49.5 Å². The van der Waals surface area contributed by atoms with Gasteiger partial charge in [-0.2, -0.15) is 0 Å². The minimum Gasteiger partial charge on any atom is -0.497 e. The van der Waals surface area contributed by atoms with Gasteiger partial charge in [-0.05, 0) is 18.2 Å².